The first kappa shape index (κ1) is 22.8. The van der Waals surface area contributed by atoms with Crippen LogP contribution >= 0.6 is 0 Å². The van der Waals surface area contributed by atoms with E-state index < -0.39 is 18.7 Å². The highest BCUT2D eigenvalue weighted by Gasteiger charge is 2.28. The molecular formula is C22H19F3N6O3. The molecule has 0 unspecified atom stereocenters. The van der Waals surface area contributed by atoms with Gasteiger partial charge in [-0.25, -0.2) is 9.50 Å². The van der Waals surface area contributed by atoms with E-state index in [9.17, 15) is 18.0 Å². The minimum absolute atomic E-state index is 0.0276. The molecule has 0 atom stereocenters. The SMILES string of the molecule is COc1ncc(-c2ccn3nc(N)nc3c2)cc1C(=O)NCc1ccccc1OCC(F)(F)F. The Balaban J connectivity index is 1.55. The second kappa shape index (κ2) is 9.25. The monoisotopic (exact) mass is 472 g/mol. The molecule has 9 nitrogen and oxygen atoms in total. The van der Waals surface area contributed by atoms with Crippen molar-refractivity contribution < 1.29 is 27.4 Å². The van der Waals surface area contributed by atoms with Crippen molar-refractivity contribution in [3.8, 4) is 22.8 Å². The Labute approximate surface area is 191 Å². The summed E-state index contributed by atoms with van der Waals surface area (Å²) in [5.74, 6) is -0.273. The molecular weight excluding hydrogens is 453 g/mol. The minimum Gasteiger partial charge on any atom is -0.484 e. The number of carbonyl (C=O) groups excluding carboxylic acids is 1. The van der Waals surface area contributed by atoms with Crippen LogP contribution in [-0.2, 0) is 6.54 Å². The first-order valence-electron chi connectivity index (χ1n) is 9.95. The highest BCUT2D eigenvalue weighted by molar-refractivity contribution is 5.97. The van der Waals surface area contributed by atoms with Crippen molar-refractivity contribution in [1.82, 2.24) is 24.9 Å². The molecule has 3 heterocycles. The maximum Gasteiger partial charge on any atom is 0.422 e. The van der Waals surface area contributed by atoms with Crippen molar-refractivity contribution >= 4 is 17.5 Å². The third-order valence-corrected chi connectivity index (χ3v) is 4.78. The summed E-state index contributed by atoms with van der Waals surface area (Å²) in [7, 11) is 1.38. The lowest BCUT2D eigenvalue weighted by Gasteiger charge is -2.14. The van der Waals surface area contributed by atoms with Crippen LogP contribution in [-0.4, -0.2) is 45.4 Å². The normalized spacial score (nSPS) is 11.4. The van der Waals surface area contributed by atoms with Crippen molar-refractivity contribution in [2.24, 2.45) is 0 Å². The van der Waals surface area contributed by atoms with Gasteiger partial charge in [0, 0.05) is 30.1 Å². The van der Waals surface area contributed by atoms with E-state index >= 15 is 0 Å². The summed E-state index contributed by atoms with van der Waals surface area (Å²) in [6, 6.07) is 11.3. The smallest absolute Gasteiger partial charge is 0.422 e. The Bertz CT molecular complexity index is 1340. The number of fused-ring (bicyclic) bond motifs is 1. The molecule has 1 aromatic carbocycles. The van der Waals surface area contributed by atoms with E-state index in [1.807, 2.05) is 0 Å². The van der Waals surface area contributed by atoms with Gasteiger partial charge in [0.15, 0.2) is 12.3 Å². The van der Waals surface area contributed by atoms with E-state index in [0.717, 1.165) is 5.56 Å². The highest BCUT2D eigenvalue weighted by atomic mass is 19.4. The average Bonchev–Trinajstić information content (AvgIpc) is 3.20. The average molecular weight is 472 g/mol. The number of hydrogen-bond donors (Lipinski definition) is 2. The maximum atomic E-state index is 12.9. The Morgan fingerprint density at radius 1 is 1.18 bits per heavy atom. The number of ether oxygens (including phenoxy) is 2. The number of aromatic nitrogens is 4. The van der Waals surface area contributed by atoms with Gasteiger partial charge in [-0.15, -0.1) is 5.10 Å². The molecule has 1 amide bonds. The number of nitrogens with one attached hydrogen (secondary N) is 1. The summed E-state index contributed by atoms with van der Waals surface area (Å²) in [5, 5.41) is 6.69. The standard InChI is InChI=1S/C22H19F3N6O3/c1-33-20-16(8-15(11-28-20)13-6-7-31-18(9-13)29-21(26)30-31)19(32)27-10-14-4-2-3-5-17(14)34-12-22(23,24)25/h2-9,11H,10,12H2,1H3,(H2,26,30)(H,27,32). The van der Waals surface area contributed by atoms with Gasteiger partial charge >= 0.3 is 6.18 Å². The number of rotatable bonds is 7. The van der Waals surface area contributed by atoms with Crippen LogP contribution in [0.5, 0.6) is 11.6 Å². The number of benzene rings is 1. The zero-order valence-electron chi connectivity index (χ0n) is 17.8. The van der Waals surface area contributed by atoms with Gasteiger partial charge in [-0.2, -0.15) is 18.2 Å². The number of halogens is 3. The molecule has 34 heavy (non-hydrogen) atoms. The summed E-state index contributed by atoms with van der Waals surface area (Å²) in [6.07, 6.45) is -1.26. The number of nitrogens with two attached hydrogens (primary N) is 1. The number of anilines is 1. The molecule has 0 bridgehead atoms. The number of nitrogen functional groups attached to an aromatic ring is 1. The Hall–Kier alpha value is -4.35. The molecule has 0 spiro atoms. The Kier molecular flexibility index (Phi) is 6.21. The van der Waals surface area contributed by atoms with Gasteiger partial charge in [-0.3, -0.25) is 4.79 Å². The molecule has 0 aliphatic rings. The van der Waals surface area contributed by atoms with Crippen LogP contribution in [0.1, 0.15) is 15.9 Å². The van der Waals surface area contributed by atoms with Gasteiger partial charge in [-0.1, -0.05) is 18.2 Å². The number of para-hydroxylation sites is 1. The lowest BCUT2D eigenvalue weighted by molar-refractivity contribution is -0.153. The first-order valence-corrected chi connectivity index (χ1v) is 9.95. The Morgan fingerprint density at radius 2 is 1.97 bits per heavy atom. The van der Waals surface area contributed by atoms with Gasteiger partial charge in [0.25, 0.3) is 5.91 Å². The zero-order chi connectivity index (χ0) is 24.3. The van der Waals surface area contributed by atoms with Gasteiger partial charge in [0.05, 0.1) is 7.11 Å². The predicted octanol–water partition coefficient (Wildman–Crippen LogP) is 3.25. The number of nitrogens with zero attached hydrogens (tertiary/aromatic N) is 4. The molecule has 0 saturated heterocycles. The van der Waals surface area contributed by atoms with E-state index in [-0.39, 0.29) is 29.7 Å². The van der Waals surface area contributed by atoms with Gasteiger partial charge in [0.2, 0.25) is 11.8 Å². The number of hydrogen-bond acceptors (Lipinski definition) is 7. The van der Waals surface area contributed by atoms with Gasteiger partial charge in [-0.05, 0) is 29.8 Å². The van der Waals surface area contributed by atoms with Crippen LogP contribution < -0.4 is 20.5 Å². The van der Waals surface area contributed by atoms with E-state index in [1.165, 1.54) is 17.7 Å². The van der Waals surface area contributed by atoms with Gasteiger partial charge in [0.1, 0.15) is 11.3 Å². The first-order chi connectivity index (χ1) is 16.2. The summed E-state index contributed by atoms with van der Waals surface area (Å²) >= 11 is 0. The molecule has 0 aliphatic heterocycles. The van der Waals surface area contributed by atoms with Crippen molar-refractivity contribution in [3.05, 3.63) is 66.0 Å². The third kappa shape index (κ3) is 5.17. The fourth-order valence-electron chi connectivity index (χ4n) is 3.23. The molecule has 4 rings (SSSR count). The number of methoxy groups -OCH3 is 1. The molecule has 3 N–H and O–H groups in total. The van der Waals surface area contributed by atoms with E-state index in [4.69, 9.17) is 15.2 Å². The molecule has 12 heteroatoms. The van der Waals surface area contributed by atoms with Crippen molar-refractivity contribution in [3.63, 3.8) is 0 Å². The molecule has 3 aromatic heterocycles. The van der Waals surface area contributed by atoms with Crippen LogP contribution in [0.4, 0.5) is 19.1 Å². The number of pyridine rings is 2. The van der Waals surface area contributed by atoms with Crippen molar-refractivity contribution in [2.75, 3.05) is 19.5 Å². The molecule has 0 saturated carbocycles. The molecule has 0 fully saturated rings. The van der Waals surface area contributed by atoms with E-state index in [1.54, 1.807) is 48.8 Å². The number of amides is 1. The lowest BCUT2D eigenvalue weighted by atomic mass is 10.1. The topological polar surface area (TPSA) is 117 Å². The second-order valence-electron chi connectivity index (χ2n) is 7.16. The van der Waals surface area contributed by atoms with Crippen LogP contribution in [0.2, 0.25) is 0 Å². The van der Waals surface area contributed by atoms with Crippen molar-refractivity contribution in [1.29, 1.82) is 0 Å². The van der Waals surface area contributed by atoms with Crippen LogP contribution in [0, 0.1) is 0 Å². The van der Waals surface area contributed by atoms with Crippen molar-refractivity contribution in [2.45, 2.75) is 12.7 Å². The van der Waals surface area contributed by atoms with E-state index in [2.05, 4.69) is 20.4 Å². The summed E-state index contributed by atoms with van der Waals surface area (Å²) < 4.78 is 49.2. The lowest BCUT2D eigenvalue weighted by Crippen LogP contribution is -2.25. The zero-order valence-corrected chi connectivity index (χ0v) is 17.8. The van der Waals surface area contributed by atoms with Crippen LogP contribution in [0.15, 0.2) is 54.9 Å². The van der Waals surface area contributed by atoms with Crippen LogP contribution in [0.3, 0.4) is 0 Å². The fourth-order valence-corrected chi connectivity index (χ4v) is 3.23. The minimum atomic E-state index is -4.48. The fraction of sp³-hybridized carbons (Fsp3) is 0.182. The maximum absolute atomic E-state index is 12.9. The Morgan fingerprint density at radius 3 is 2.74 bits per heavy atom. The van der Waals surface area contributed by atoms with E-state index in [0.29, 0.717) is 16.8 Å². The number of carbonyl (C=O) groups is 1. The predicted molar refractivity (Wildman–Crippen MR) is 116 cm³/mol. The molecule has 176 valence electrons. The molecule has 0 radical (unpaired) electrons. The quantitative estimate of drug-likeness (QED) is 0.424. The summed E-state index contributed by atoms with van der Waals surface area (Å²) in [6.45, 7) is -1.50. The van der Waals surface area contributed by atoms with Crippen LogP contribution in [0.25, 0.3) is 16.8 Å². The van der Waals surface area contributed by atoms with Gasteiger partial charge < -0.3 is 20.5 Å². The summed E-state index contributed by atoms with van der Waals surface area (Å²) in [5.41, 5.74) is 8.01. The summed E-state index contributed by atoms with van der Waals surface area (Å²) in [4.78, 5) is 21.3. The third-order valence-electron chi connectivity index (χ3n) is 4.78. The number of alkyl halides is 3. The molecule has 4 aromatic rings. The largest absolute Gasteiger partial charge is 0.484 e. The second-order valence-corrected chi connectivity index (χ2v) is 7.16. The highest BCUT2D eigenvalue weighted by Crippen LogP contribution is 2.26. The molecule has 0 aliphatic carbocycles.